The van der Waals surface area contributed by atoms with E-state index >= 15 is 0 Å². The minimum Gasteiger partial charge on any atom is -0.508 e. The molecule has 0 aromatic heterocycles. The number of methoxy groups -OCH3 is 1. The van der Waals surface area contributed by atoms with Crippen LogP contribution < -0.4 is 4.74 Å². The highest BCUT2D eigenvalue weighted by Crippen LogP contribution is 2.31. The van der Waals surface area contributed by atoms with Crippen LogP contribution in [-0.2, 0) is 25.7 Å². The first kappa shape index (κ1) is 32.5. The minimum absolute atomic E-state index is 0. The molecule has 2 aliphatic carbocycles. The lowest BCUT2D eigenvalue weighted by Crippen LogP contribution is -2.27. The fourth-order valence-electron chi connectivity index (χ4n) is 6.05. The van der Waals surface area contributed by atoms with Gasteiger partial charge in [0.25, 0.3) is 0 Å². The number of phenols is 1. The molecule has 0 saturated heterocycles. The van der Waals surface area contributed by atoms with Crippen LogP contribution in [0.3, 0.4) is 0 Å². The number of phenolic OH excluding ortho intramolecular Hbond substituents is 1. The third kappa shape index (κ3) is 9.77. The first-order valence-electron chi connectivity index (χ1n) is 14.9. The van der Waals surface area contributed by atoms with Crippen LogP contribution in [0.25, 0.3) is 0 Å². The van der Waals surface area contributed by atoms with Gasteiger partial charge >= 0.3 is 0 Å². The summed E-state index contributed by atoms with van der Waals surface area (Å²) in [7, 11) is 1.75. The Morgan fingerprint density at radius 3 is 1.66 bits per heavy atom. The van der Waals surface area contributed by atoms with Crippen molar-refractivity contribution in [1.82, 2.24) is 9.80 Å². The number of hydrogen-bond donors (Lipinski definition) is 1. The normalized spacial score (nSPS) is 18.2. The molecule has 0 fully saturated rings. The summed E-state index contributed by atoms with van der Waals surface area (Å²) < 4.78 is 5.31. The molecule has 0 heterocycles. The summed E-state index contributed by atoms with van der Waals surface area (Å²) in [6.45, 7) is 16.1. The number of nitrogens with zero attached hydrogens (tertiary/aromatic N) is 2. The number of hydrogen-bond acceptors (Lipinski definition) is 4. The molecule has 4 nitrogen and oxygen atoms in total. The summed E-state index contributed by atoms with van der Waals surface area (Å²) in [4.78, 5) is 5.04. The van der Waals surface area contributed by atoms with Crippen molar-refractivity contribution in [2.24, 2.45) is 11.8 Å². The van der Waals surface area contributed by atoms with E-state index in [0.717, 1.165) is 37.1 Å². The molecular formula is C33H53ClN2O2. The Kier molecular flexibility index (Phi) is 14.6. The molecule has 0 saturated carbocycles. The molecule has 214 valence electrons. The Balaban J connectivity index is 0.000000260. The molecule has 0 radical (unpaired) electrons. The maximum absolute atomic E-state index is 9.49. The lowest BCUT2D eigenvalue weighted by atomic mass is 9.82. The van der Waals surface area contributed by atoms with Crippen LogP contribution in [0.1, 0.15) is 75.6 Å². The number of benzene rings is 2. The smallest absolute Gasteiger partial charge is 0.119 e. The topological polar surface area (TPSA) is 35.9 Å². The maximum Gasteiger partial charge on any atom is 0.119 e. The molecule has 0 spiro atoms. The van der Waals surface area contributed by atoms with Crippen LogP contribution in [0, 0.1) is 11.8 Å². The number of halogens is 1. The van der Waals surface area contributed by atoms with Crippen molar-refractivity contribution in [2.45, 2.75) is 79.1 Å². The quantitative estimate of drug-likeness (QED) is 0.325. The summed E-state index contributed by atoms with van der Waals surface area (Å²) >= 11 is 0. The van der Waals surface area contributed by atoms with Crippen LogP contribution in [0.15, 0.2) is 36.4 Å². The van der Waals surface area contributed by atoms with E-state index in [-0.39, 0.29) is 12.4 Å². The standard InChI is InChI=1S/C17H27NO.C16H25NO.ClH/c1-4-18(5-2)11-10-14-6-7-16-13-17(19-3)9-8-15(16)12-14;1-3-17(4-2)10-9-13-5-6-15-12-16(18)8-7-14(15)11-13;/h8-9,13-14H,4-7,10-12H2,1-3H3;7-8,12-13,18H,3-6,9-11H2,1-2H3;1H. The van der Waals surface area contributed by atoms with Gasteiger partial charge in [-0.15, -0.1) is 12.4 Å². The largest absolute Gasteiger partial charge is 0.508 e. The Morgan fingerprint density at radius 2 is 1.18 bits per heavy atom. The van der Waals surface area contributed by atoms with Crippen LogP contribution >= 0.6 is 12.4 Å². The van der Waals surface area contributed by atoms with Gasteiger partial charge in [0.2, 0.25) is 0 Å². The zero-order valence-electron chi connectivity index (χ0n) is 24.7. The summed E-state index contributed by atoms with van der Waals surface area (Å²) in [6, 6.07) is 12.5. The molecule has 0 aliphatic heterocycles. The highest BCUT2D eigenvalue weighted by molar-refractivity contribution is 5.85. The van der Waals surface area contributed by atoms with Crippen molar-refractivity contribution in [1.29, 1.82) is 0 Å². The number of aryl methyl sites for hydroxylation is 2. The van der Waals surface area contributed by atoms with Crippen LogP contribution in [0.2, 0.25) is 0 Å². The van der Waals surface area contributed by atoms with E-state index in [1.807, 2.05) is 12.1 Å². The van der Waals surface area contributed by atoms with Crippen molar-refractivity contribution < 1.29 is 9.84 Å². The summed E-state index contributed by atoms with van der Waals surface area (Å²) in [5, 5.41) is 9.49. The monoisotopic (exact) mass is 544 g/mol. The van der Waals surface area contributed by atoms with Crippen LogP contribution in [0.4, 0.5) is 0 Å². The fourth-order valence-corrected chi connectivity index (χ4v) is 6.05. The molecule has 0 amide bonds. The molecule has 2 atom stereocenters. The van der Waals surface area contributed by atoms with Crippen LogP contribution in [-0.4, -0.2) is 61.3 Å². The predicted octanol–water partition coefficient (Wildman–Crippen LogP) is 7.18. The second kappa shape index (κ2) is 17.0. The van der Waals surface area contributed by atoms with Gasteiger partial charge in [-0.1, -0.05) is 39.8 Å². The molecule has 0 bridgehead atoms. The zero-order valence-corrected chi connectivity index (χ0v) is 25.5. The molecule has 38 heavy (non-hydrogen) atoms. The highest BCUT2D eigenvalue weighted by Gasteiger charge is 2.20. The van der Waals surface area contributed by atoms with Crippen molar-refractivity contribution in [2.75, 3.05) is 46.4 Å². The van der Waals surface area contributed by atoms with Crippen molar-refractivity contribution in [3.8, 4) is 11.5 Å². The lowest BCUT2D eigenvalue weighted by Gasteiger charge is -2.27. The fraction of sp³-hybridized carbons (Fsp3) is 0.636. The molecular weight excluding hydrogens is 492 g/mol. The Labute approximate surface area is 239 Å². The van der Waals surface area contributed by atoms with Crippen LogP contribution in [0.5, 0.6) is 11.5 Å². The van der Waals surface area contributed by atoms with E-state index < -0.39 is 0 Å². The summed E-state index contributed by atoms with van der Waals surface area (Å²) in [6.07, 6.45) is 10.0. The number of ether oxygens (including phenoxy) is 1. The van der Waals surface area contributed by atoms with E-state index in [0.29, 0.717) is 5.75 Å². The molecule has 5 heteroatoms. The van der Waals surface area contributed by atoms with E-state index in [2.05, 4.69) is 61.8 Å². The first-order chi connectivity index (χ1) is 18.0. The van der Waals surface area contributed by atoms with Gasteiger partial charge in [-0.05, 0) is 149 Å². The highest BCUT2D eigenvalue weighted by atomic mass is 35.5. The van der Waals surface area contributed by atoms with Gasteiger partial charge in [0.15, 0.2) is 0 Å². The van der Waals surface area contributed by atoms with Crippen molar-refractivity contribution in [3.05, 3.63) is 58.7 Å². The molecule has 2 aromatic carbocycles. The van der Waals surface area contributed by atoms with E-state index in [4.69, 9.17) is 4.74 Å². The SMILES string of the molecule is CCN(CC)CCC1CCc2cc(O)ccc2C1.CCN(CC)CCC1CCc2cc(OC)ccc2C1.Cl. The van der Waals surface area contributed by atoms with Gasteiger partial charge in [0, 0.05) is 0 Å². The summed E-state index contributed by atoms with van der Waals surface area (Å²) in [5.41, 5.74) is 5.84. The van der Waals surface area contributed by atoms with Gasteiger partial charge < -0.3 is 19.6 Å². The molecule has 1 N–H and O–H groups in total. The predicted molar refractivity (Wildman–Crippen MR) is 164 cm³/mol. The van der Waals surface area contributed by atoms with Crippen molar-refractivity contribution >= 4 is 12.4 Å². The van der Waals surface area contributed by atoms with E-state index in [9.17, 15) is 5.11 Å². The average Bonchev–Trinajstić information content (AvgIpc) is 2.94. The van der Waals surface area contributed by atoms with Crippen molar-refractivity contribution in [3.63, 3.8) is 0 Å². The van der Waals surface area contributed by atoms with Gasteiger partial charge in [-0.2, -0.15) is 0 Å². The summed E-state index contributed by atoms with van der Waals surface area (Å²) in [5.74, 6) is 3.10. The Bertz CT molecular complexity index is 943. The van der Waals surface area contributed by atoms with Gasteiger partial charge in [0.1, 0.15) is 11.5 Å². The Morgan fingerprint density at radius 1 is 0.711 bits per heavy atom. The molecule has 2 unspecified atom stereocenters. The van der Waals surface area contributed by atoms with Gasteiger partial charge in [0.05, 0.1) is 7.11 Å². The number of aromatic hydroxyl groups is 1. The lowest BCUT2D eigenvalue weighted by molar-refractivity contribution is 0.266. The van der Waals surface area contributed by atoms with E-state index in [1.54, 1.807) is 7.11 Å². The number of fused-ring (bicyclic) bond motifs is 2. The molecule has 2 aliphatic rings. The third-order valence-electron chi connectivity index (χ3n) is 8.76. The second-order valence-electron chi connectivity index (χ2n) is 10.9. The van der Waals surface area contributed by atoms with Gasteiger partial charge in [-0.25, -0.2) is 0 Å². The first-order valence-corrected chi connectivity index (χ1v) is 14.9. The number of rotatable bonds is 11. The Hall–Kier alpha value is -1.75. The second-order valence-corrected chi connectivity index (χ2v) is 10.9. The van der Waals surface area contributed by atoms with Gasteiger partial charge in [-0.3, -0.25) is 0 Å². The minimum atomic E-state index is 0. The molecule has 2 aromatic rings. The maximum atomic E-state index is 9.49. The molecule has 4 rings (SSSR count). The van der Waals surface area contributed by atoms with E-state index in [1.165, 1.54) is 93.4 Å². The average molecular weight is 545 g/mol. The zero-order chi connectivity index (χ0) is 26.6. The third-order valence-corrected chi connectivity index (χ3v) is 8.76.